The molecule has 1 atom stereocenters. The van der Waals surface area contributed by atoms with Gasteiger partial charge in [-0.15, -0.1) is 0 Å². The number of furan rings is 1. The lowest BCUT2D eigenvalue weighted by atomic mass is 10.1. The minimum Gasteiger partial charge on any atom is -0.478 e. The number of anilines is 1. The van der Waals surface area contributed by atoms with Gasteiger partial charge in [0, 0.05) is 12.1 Å². The normalized spacial score (nSPS) is 16.8. The SMILES string of the molecule is CCCC1Oc2ccc([N+](=O)[O-])cc2N(Cc2ccco2)C1=O. The number of carbonyl (C=O) groups excluding carboxylic acids is 1. The first-order valence-corrected chi connectivity index (χ1v) is 7.39. The summed E-state index contributed by atoms with van der Waals surface area (Å²) in [7, 11) is 0. The summed E-state index contributed by atoms with van der Waals surface area (Å²) in [5, 5.41) is 11.0. The van der Waals surface area contributed by atoms with Crippen molar-refractivity contribution in [1.82, 2.24) is 0 Å². The molecule has 0 aliphatic carbocycles. The minimum atomic E-state index is -0.580. The number of nitrogens with zero attached hydrogens (tertiary/aromatic N) is 2. The van der Waals surface area contributed by atoms with Gasteiger partial charge in [0.2, 0.25) is 0 Å². The average Bonchev–Trinajstić information content (AvgIpc) is 3.04. The quantitative estimate of drug-likeness (QED) is 0.624. The zero-order valence-corrected chi connectivity index (χ0v) is 12.6. The molecule has 0 radical (unpaired) electrons. The van der Waals surface area contributed by atoms with Crippen molar-refractivity contribution in [2.24, 2.45) is 0 Å². The Hall–Kier alpha value is -2.83. The van der Waals surface area contributed by atoms with Crippen LogP contribution in [0.4, 0.5) is 11.4 Å². The standard InChI is InChI=1S/C16H16N2O5/c1-2-4-15-16(19)17(10-12-5-3-8-22-12)13-9-11(18(20)21)6-7-14(13)23-15/h3,5-9,15H,2,4,10H2,1H3. The summed E-state index contributed by atoms with van der Waals surface area (Å²) in [6.45, 7) is 2.18. The van der Waals surface area contributed by atoms with Crippen LogP contribution < -0.4 is 9.64 Å². The Balaban J connectivity index is 2.01. The van der Waals surface area contributed by atoms with Crippen molar-refractivity contribution in [2.75, 3.05) is 4.90 Å². The average molecular weight is 316 g/mol. The molecule has 1 amide bonds. The van der Waals surface area contributed by atoms with Gasteiger partial charge in [-0.1, -0.05) is 13.3 Å². The summed E-state index contributed by atoms with van der Waals surface area (Å²) in [4.78, 5) is 24.7. The molecule has 1 aromatic heterocycles. The predicted molar refractivity (Wildman–Crippen MR) is 82.3 cm³/mol. The maximum atomic E-state index is 12.7. The highest BCUT2D eigenvalue weighted by Crippen LogP contribution is 2.38. The molecule has 0 spiro atoms. The maximum Gasteiger partial charge on any atom is 0.271 e. The summed E-state index contributed by atoms with van der Waals surface area (Å²) in [6, 6.07) is 7.77. The van der Waals surface area contributed by atoms with Crippen LogP contribution in [0, 0.1) is 10.1 Å². The molecule has 0 bridgehead atoms. The van der Waals surface area contributed by atoms with Crippen LogP contribution in [0.25, 0.3) is 0 Å². The number of hydrogen-bond donors (Lipinski definition) is 0. The number of non-ortho nitro benzene ring substituents is 1. The van der Waals surface area contributed by atoms with E-state index < -0.39 is 11.0 Å². The summed E-state index contributed by atoms with van der Waals surface area (Å²) >= 11 is 0. The highest BCUT2D eigenvalue weighted by molar-refractivity contribution is 6.00. The maximum absolute atomic E-state index is 12.7. The van der Waals surface area contributed by atoms with E-state index in [0.29, 0.717) is 23.6 Å². The Kier molecular flexibility index (Phi) is 4.01. The molecule has 0 saturated carbocycles. The van der Waals surface area contributed by atoms with Crippen LogP contribution >= 0.6 is 0 Å². The third-order valence-corrected chi connectivity index (χ3v) is 3.70. The Morgan fingerprint density at radius 1 is 1.35 bits per heavy atom. The van der Waals surface area contributed by atoms with Gasteiger partial charge in [-0.3, -0.25) is 19.8 Å². The lowest BCUT2D eigenvalue weighted by Crippen LogP contribution is -2.45. The fourth-order valence-electron chi connectivity index (χ4n) is 2.59. The van der Waals surface area contributed by atoms with E-state index >= 15 is 0 Å². The number of nitro groups is 1. The number of rotatable bonds is 5. The second-order valence-corrected chi connectivity index (χ2v) is 5.31. The molecular formula is C16H16N2O5. The molecule has 120 valence electrons. The van der Waals surface area contributed by atoms with Crippen molar-refractivity contribution in [2.45, 2.75) is 32.4 Å². The number of nitro benzene ring substituents is 1. The Morgan fingerprint density at radius 3 is 2.83 bits per heavy atom. The molecule has 7 nitrogen and oxygen atoms in total. The number of carbonyl (C=O) groups is 1. The van der Waals surface area contributed by atoms with Gasteiger partial charge in [0.15, 0.2) is 6.10 Å². The molecule has 7 heteroatoms. The summed E-state index contributed by atoms with van der Waals surface area (Å²) in [5.41, 5.74) is 0.312. The summed E-state index contributed by atoms with van der Waals surface area (Å²) in [6.07, 6.45) is 2.33. The predicted octanol–water partition coefficient (Wildman–Crippen LogP) is 3.28. The van der Waals surface area contributed by atoms with Gasteiger partial charge in [0.25, 0.3) is 11.6 Å². The first-order chi connectivity index (χ1) is 11.1. The van der Waals surface area contributed by atoms with Gasteiger partial charge >= 0.3 is 0 Å². The van der Waals surface area contributed by atoms with Gasteiger partial charge in [0.05, 0.1) is 23.4 Å². The van der Waals surface area contributed by atoms with Crippen molar-refractivity contribution in [1.29, 1.82) is 0 Å². The molecule has 0 fully saturated rings. The smallest absolute Gasteiger partial charge is 0.271 e. The van der Waals surface area contributed by atoms with E-state index in [9.17, 15) is 14.9 Å². The molecular weight excluding hydrogens is 300 g/mol. The molecule has 0 saturated heterocycles. The van der Waals surface area contributed by atoms with Crippen LogP contribution in [-0.2, 0) is 11.3 Å². The van der Waals surface area contributed by atoms with Crippen LogP contribution in [0.2, 0.25) is 0 Å². The number of benzene rings is 1. The Bertz CT molecular complexity index is 726. The van der Waals surface area contributed by atoms with E-state index in [1.54, 1.807) is 12.1 Å². The van der Waals surface area contributed by atoms with Gasteiger partial charge in [-0.2, -0.15) is 0 Å². The van der Waals surface area contributed by atoms with E-state index in [1.807, 2.05) is 6.92 Å². The van der Waals surface area contributed by atoms with Gasteiger partial charge in [0.1, 0.15) is 11.5 Å². The van der Waals surface area contributed by atoms with Gasteiger partial charge in [-0.25, -0.2) is 0 Å². The van der Waals surface area contributed by atoms with Crippen molar-refractivity contribution in [3.63, 3.8) is 0 Å². The number of amides is 1. The van der Waals surface area contributed by atoms with E-state index in [0.717, 1.165) is 6.42 Å². The number of fused-ring (bicyclic) bond motifs is 1. The third-order valence-electron chi connectivity index (χ3n) is 3.70. The van der Waals surface area contributed by atoms with Crippen molar-refractivity contribution in [3.8, 4) is 5.75 Å². The van der Waals surface area contributed by atoms with E-state index in [2.05, 4.69) is 0 Å². The molecule has 0 N–H and O–H groups in total. The molecule has 3 rings (SSSR count). The highest BCUT2D eigenvalue weighted by Gasteiger charge is 2.35. The molecule has 1 unspecified atom stereocenters. The lowest BCUT2D eigenvalue weighted by molar-refractivity contribution is -0.384. The van der Waals surface area contributed by atoms with Crippen LogP contribution in [0.5, 0.6) is 5.75 Å². The summed E-state index contributed by atoms with van der Waals surface area (Å²) in [5.74, 6) is 0.865. The highest BCUT2D eigenvalue weighted by atomic mass is 16.6. The number of hydrogen-bond acceptors (Lipinski definition) is 5. The van der Waals surface area contributed by atoms with Crippen LogP contribution in [0.1, 0.15) is 25.5 Å². The first kappa shape index (κ1) is 15.1. The Labute approximate surface area is 132 Å². The first-order valence-electron chi connectivity index (χ1n) is 7.39. The summed E-state index contributed by atoms with van der Waals surface area (Å²) < 4.78 is 11.0. The van der Waals surface area contributed by atoms with Crippen LogP contribution in [-0.4, -0.2) is 16.9 Å². The molecule has 2 aromatic rings. The van der Waals surface area contributed by atoms with Crippen molar-refractivity contribution >= 4 is 17.3 Å². The topological polar surface area (TPSA) is 85.8 Å². The van der Waals surface area contributed by atoms with E-state index in [4.69, 9.17) is 9.15 Å². The largest absolute Gasteiger partial charge is 0.478 e. The minimum absolute atomic E-state index is 0.0847. The molecule has 23 heavy (non-hydrogen) atoms. The second kappa shape index (κ2) is 6.12. The van der Waals surface area contributed by atoms with Crippen molar-refractivity contribution in [3.05, 3.63) is 52.5 Å². The zero-order chi connectivity index (χ0) is 16.4. The van der Waals surface area contributed by atoms with E-state index in [-0.39, 0.29) is 18.1 Å². The monoisotopic (exact) mass is 316 g/mol. The zero-order valence-electron chi connectivity index (χ0n) is 12.6. The molecule has 1 aromatic carbocycles. The fraction of sp³-hybridized carbons (Fsp3) is 0.312. The molecule has 1 aliphatic rings. The second-order valence-electron chi connectivity index (χ2n) is 5.31. The van der Waals surface area contributed by atoms with Gasteiger partial charge in [-0.05, 0) is 24.6 Å². The fourth-order valence-corrected chi connectivity index (χ4v) is 2.59. The lowest BCUT2D eigenvalue weighted by Gasteiger charge is -2.33. The van der Waals surface area contributed by atoms with Crippen molar-refractivity contribution < 1.29 is 18.9 Å². The third kappa shape index (κ3) is 2.90. The van der Waals surface area contributed by atoms with Crippen LogP contribution in [0.15, 0.2) is 41.0 Å². The Morgan fingerprint density at radius 2 is 2.17 bits per heavy atom. The molecule has 1 aliphatic heterocycles. The molecule has 2 heterocycles. The van der Waals surface area contributed by atoms with Gasteiger partial charge < -0.3 is 9.15 Å². The number of ether oxygens (including phenoxy) is 1. The van der Waals surface area contributed by atoms with E-state index in [1.165, 1.54) is 29.4 Å². The van der Waals surface area contributed by atoms with Crippen LogP contribution in [0.3, 0.4) is 0 Å².